The summed E-state index contributed by atoms with van der Waals surface area (Å²) < 4.78 is 0. The van der Waals surface area contributed by atoms with E-state index in [9.17, 15) is 0 Å². The van der Waals surface area contributed by atoms with Crippen LogP contribution in [0, 0.1) is 0 Å². The molecule has 0 aromatic heterocycles. The Morgan fingerprint density at radius 2 is 1.33 bits per heavy atom. The molecule has 0 fully saturated rings. The van der Waals surface area contributed by atoms with Crippen molar-refractivity contribution in [2.75, 3.05) is 0 Å². The molecule has 3 nitrogen and oxygen atoms in total. The first-order chi connectivity index (χ1) is 1.73. The molecule has 2 amide bonds. The summed E-state index contributed by atoms with van der Waals surface area (Å²) in [6, 6.07) is -0.833. The zero-order valence-electron chi connectivity index (χ0n) is 2.47. The topological polar surface area (TPSA) is 69.1 Å². The van der Waals surface area contributed by atoms with E-state index in [1.807, 2.05) is 0 Å². The molecule has 0 atom stereocenters. The minimum absolute atomic E-state index is 0. The molecule has 0 aromatic carbocycles. The van der Waals surface area contributed by atoms with Gasteiger partial charge in [-0.25, -0.2) is 4.79 Å². The maximum atomic E-state index is 9.00. The van der Waals surface area contributed by atoms with Crippen LogP contribution in [0.1, 0.15) is 0 Å². The van der Waals surface area contributed by atoms with Crippen LogP contribution in [0.15, 0.2) is 0 Å². The minimum atomic E-state index is -0.833. The molecule has 0 aromatic rings. The number of hydrogen-bond donors (Lipinski definition) is 2. The average Bonchev–Trinajstić information content (AvgIpc) is 0.811. The number of hydrogen-bond acceptors (Lipinski definition) is 1. The van der Waals surface area contributed by atoms with Crippen molar-refractivity contribution in [2.45, 2.75) is 0 Å². The van der Waals surface area contributed by atoms with Gasteiger partial charge < -0.3 is 11.5 Å². The van der Waals surface area contributed by atoms with Gasteiger partial charge in [-0.15, -0.1) is 12.4 Å². The van der Waals surface area contributed by atoms with E-state index in [1.54, 1.807) is 0 Å². The first kappa shape index (κ1) is 15.7. The molecule has 0 aliphatic rings. The normalized spacial score (nSPS) is 4.00. The van der Waals surface area contributed by atoms with Gasteiger partial charge in [0.05, 0.1) is 0 Å². The number of nitrogens with two attached hydrogens (primary N) is 2. The Labute approximate surface area is 79.1 Å². The quantitative estimate of drug-likeness (QED) is 0.445. The number of primary amides is 2. The number of urea groups is 1. The second kappa shape index (κ2) is 9.40. The molecule has 0 bridgehead atoms. The van der Waals surface area contributed by atoms with Crippen LogP contribution in [-0.2, 0) is 0 Å². The summed E-state index contributed by atoms with van der Waals surface area (Å²) >= 11 is 0. The fourth-order valence-corrected chi connectivity index (χ4v) is 0. The van der Waals surface area contributed by atoms with Crippen molar-refractivity contribution in [3.63, 3.8) is 0 Å². The number of halogens is 1. The molecule has 6 heavy (non-hydrogen) atoms. The predicted octanol–water partition coefficient (Wildman–Crippen LogP) is -1.47. The summed E-state index contributed by atoms with van der Waals surface area (Å²) in [5, 5.41) is 0. The molecule has 4 N–H and O–H groups in total. The van der Waals surface area contributed by atoms with E-state index in [1.165, 1.54) is 0 Å². The van der Waals surface area contributed by atoms with Gasteiger partial charge in [0.25, 0.3) is 0 Å². The van der Waals surface area contributed by atoms with Gasteiger partial charge in [-0.2, -0.15) is 0 Å². The Bertz CT molecular complexity index is 36.5. The average molecular weight is 186 g/mol. The number of carbonyl (C=O) groups is 1. The summed E-state index contributed by atoms with van der Waals surface area (Å²) in [7, 11) is 0. The standard InChI is InChI=1S/CH4N2O.ClH.Sr.2H/c2-1(3)4;;;;/h(H4,2,3,4);1H;;;. The van der Waals surface area contributed by atoms with Crippen LogP contribution >= 0.6 is 12.4 Å². The number of rotatable bonds is 0. The number of amides is 2. The molecule has 0 radical (unpaired) electrons. The Hall–Kier alpha value is 1.04. The Morgan fingerprint density at radius 3 is 1.33 bits per heavy atom. The summed E-state index contributed by atoms with van der Waals surface area (Å²) in [6.07, 6.45) is 0. The molecular formula is CH7ClN2OSr. The van der Waals surface area contributed by atoms with Crippen molar-refractivity contribution in [1.82, 2.24) is 0 Å². The SMILES string of the molecule is Cl.NC(N)=O.[SrH2]. The monoisotopic (exact) mass is 186 g/mol. The fraction of sp³-hybridized carbons (Fsp3) is 0. The van der Waals surface area contributed by atoms with Crippen molar-refractivity contribution in [2.24, 2.45) is 11.5 Å². The van der Waals surface area contributed by atoms with Gasteiger partial charge in [-0.05, 0) is 0 Å². The van der Waals surface area contributed by atoms with Gasteiger partial charge in [0, 0.05) is 0 Å². The second-order valence-electron chi connectivity index (χ2n) is 0.402. The van der Waals surface area contributed by atoms with E-state index < -0.39 is 6.03 Å². The molecule has 0 unspecified atom stereocenters. The summed E-state index contributed by atoms with van der Waals surface area (Å²) in [6.45, 7) is 0. The van der Waals surface area contributed by atoms with Crippen molar-refractivity contribution in [3.05, 3.63) is 0 Å². The van der Waals surface area contributed by atoms with Crippen LogP contribution in [0.4, 0.5) is 4.79 Å². The maximum absolute atomic E-state index is 9.00. The summed E-state index contributed by atoms with van der Waals surface area (Å²) in [4.78, 5) is 9.00. The second-order valence-corrected chi connectivity index (χ2v) is 0.402. The van der Waals surface area contributed by atoms with E-state index in [0.29, 0.717) is 0 Å². The van der Waals surface area contributed by atoms with E-state index in [-0.39, 0.29) is 57.9 Å². The third-order valence-electron chi connectivity index (χ3n) is 0. The molecule has 0 aliphatic carbocycles. The van der Waals surface area contributed by atoms with Crippen molar-refractivity contribution in [1.29, 1.82) is 0 Å². The Morgan fingerprint density at radius 1 is 1.33 bits per heavy atom. The zero-order valence-corrected chi connectivity index (χ0v) is 3.29. The molecule has 0 spiro atoms. The molecule has 0 saturated heterocycles. The first-order valence-corrected chi connectivity index (χ1v) is 0.781. The van der Waals surface area contributed by atoms with Crippen LogP contribution in [0.3, 0.4) is 0 Å². The Balaban J connectivity index is -0.0000000450. The molecule has 0 aliphatic heterocycles. The molecule has 0 saturated carbocycles. The van der Waals surface area contributed by atoms with E-state index >= 15 is 0 Å². The first-order valence-electron chi connectivity index (χ1n) is 0.781. The van der Waals surface area contributed by atoms with Crippen molar-refractivity contribution < 1.29 is 4.79 Å². The molecule has 0 rings (SSSR count). The van der Waals surface area contributed by atoms with Crippen LogP contribution in [-0.4, -0.2) is 51.5 Å². The van der Waals surface area contributed by atoms with Crippen LogP contribution < -0.4 is 11.5 Å². The van der Waals surface area contributed by atoms with Gasteiger partial charge in [-0.1, -0.05) is 0 Å². The molecule has 0 heterocycles. The van der Waals surface area contributed by atoms with Crippen LogP contribution in [0.25, 0.3) is 0 Å². The third kappa shape index (κ3) is 76.0. The zero-order chi connectivity index (χ0) is 3.58. The van der Waals surface area contributed by atoms with E-state index in [4.69, 9.17) is 4.79 Å². The molecule has 36 valence electrons. The molecule has 5 heteroatoms. The third-order valence-corrected chi connectivity index (χ3v) is 0. The van der Waals surface area contributed by atoms with Gasteiger partial charge in [0.2, 0.25) is 0 Å². The Kier molecular flexibility index (Phi) is 24.7. The van der Waals surface area contributed by atoms with Gasteiger partial charge in [-0.3, -0.25) is 0 Å². The van der Waals surface area contributed by atoms with Crippen molar-refractivity contribution >= 4 is 63.9 Å². The van der Waals surface area contributed by atoms with Gasteiger partial charge in [0.1, 0.15) is 0 Å². The van der Waals surface area contributed by atoms with Crippen LogP contribution in [0.2, 0.25) is 0 Å². The van der Waals surface area contributed by atoms with E-state index in [0.717, 1.165) is 0 Å². The van der Waals surface area contributed by atoms with E-state index in [2.05, 4.69) is 11.5 Å². The van der Waals surface area contributed by atoms with Gasteiger partial charge in [0.15, 0.2) is 0 Å². The predicted molar refractivity (Wildman–Crippen MR) is 29.6 cm³/mol. The summed E-state index contributed by atoms with van der Waals surface area (Å²) in [5.74, 6) is 0. The van der Waals surface area contributed by atoms with Crippen LogP contribution in [0.5, 0.6) is 0 Å². The van der Waals surface area contributed by atoms with Gasteiger partial charge >= 0.3 is 51.5 Å². The fourth-order valence-electron chi connectivity index (χ4n) is 0. The number of carbonyl (C=O) groups excluding carboxylic acids is 1. The van der Waals surface area contributed by atoms with Crippen molar-refractivity contribution in [3.8, 4) is 0 Å². The molecular weight excluding hydrogens is 179 g/mol. The summed E-state index contributed by atoms with van der Waals surface area (Å²) in [5.41, 5.74) is 8.50.